The van der Waals surface area contributed by atoms with Crippen LogP contribution in [0.25, 0.3) is 5.65 Å². The summed E-state index contributed by atoms with van der Waals surface area (Å²) in [4.78, 5) is 29.7. The Morgan fingerprint density at radius 1 is 1.23 bits per heavy atom. The minimum atomic E-state index is -0.0229. The highest BCUT2D eigenvalue weighted by atomic mass is 16.2. The first kappa shape index (κ1) is 32.5. The number of aldehydes is 1. The van der Waals surface area contributed by atoms with E-state index in [0.29, 0.717) is 12.2 Å². The highest BCUT2D eigenvalue weighted by Crippen LogP contribution is 2.42. The van der Waals surface area contributed by atoms with E-state index in [4.69, 9.17) is 4.79 Å². The van der Waals surface area contributed by atoms with Crippen molar-refractivity contribution in [2.45, 2.75) is 67.7 Å². The molecular formula is C29H50N4O2. The van der Waals surface area contributed by atoms with Gasteiger partial charge in [-0.25, -0.2) is 4.98 Å². The molecule has 1 fully saturated rings. The summed E-state index contributed by atoms with van der Waals surface area (Å²) in [5, 5.41) is 0. The third-order valence-electron chi connectivity index (χ3n) is 6.59. The number of nitrogens with zero attached hydrogens (tertiary/aromatic N) is 4. The number of aromatic nitrogens is 2. The van der Waals surface area contributed by atoms with Crippen molar-refractivity contribution in [1.29, 1.82) is 0 Å². The minimum Gasteiger partial charge on any atom is -0.339 e. The van der Waals surface area contributed by atoms with Gasteiger partial charge in [-0.05, 0) is 69.7 Å². The molecule has 1 aliphatic carbocycles. The number of likely N-dealkylation sites (N-methyl/N-ethyl adjacent to an activating group) is 2. The van der Waals surface area contributed by atoms with E-state index in [2.05, 4.69) is 57.7 Å². The molecule has 3 rings (SSSR count). The molecule has 0 saturated heterocycles. The fourth-order valence-electron chi connectivity index (χ4n) is 3.79. The van der Waals surface area contributed by atoms with Crippen molar-refractivity contribution in [3.8, 4) is 0 Å². The highest BCUT2D eigenvalue weighted by Gasteiger charge is 2.32. The van der Waals surface area contributed by atoms with E-state index in [1.807, 2.05) is 42.8 Å². The van der Waals surface area contributed by atoms with Gasteiger partial charge in [0.1, 0.15) is 17.6 Å². The Morgan fingerprint density at radius 3 is 2.26 bits per heavy atom. The maximum Gasteiger partial charge on any atom is 0.273 e. The number of aryl methyl sites for hydroxylation is 1. The molecule has 198 valence electrons. The zero-order valence-corrected chi connectivity index (χ0v) is 23.6. The third kappa shape index (κ3) is 11.7. The smallest absolute Gasteiger partial charge is 0.273 e. The van der Waals surface area contributed by atoms with E-state index in [0.717, 1.165) is 55.0 Å². The summed E-state index contributed by atoms with van der Waals surface area (Å²) < 4.78 is 1.95. The van der Waals surface area contributed by atoms with Crippen molar-refractivity contribution >= 4 is 17.8 Å². The number of rotatable bonds is 9. The van der Waals surface area contributed by atoms with E-state index in [1.54, 1.807) is 4.90 Å². The lowest BCUT2D eigenvalue weighted by Crippen LogP contribution is -2.36. The van der Waals surface area contributed by atoms with Gasteiger partial charge in [0.15, 0.2) is 0 Å². The van der Waals surface area contributed by atoms with Crippen LogP contribution < -0.4 is 0 Å². The van der Waals surface area contributed by atoms with Crippen LogP contribution in [0.4, 0.5) is 0 Å². The Kier molecular flexibility index (Phi) is 16.6. The highest BCUT2D eigenvalue weighted by molar-refractivity contribution is 5.92. The summed E-state index contributed by atoms with van der Waals surface area (Å²) in [6.07, 6.45) is 6.92. The number of hydrogen-bond donors (Lipinski definition) is 0. The number of imidazole rings is 1. The summed E-state index contributed by atoms with van der Waals surface area (Å²) in [6, 6.07) is 5.88. The predicted octanol–water partition coefficient (Wildman–Crippen LogP) is 6.14. The standard InChI is InChI=1S/C16H24N4O.C9H18.C2H4O.C2H4/c1-5-19(6-2)11-10-18(4)16(21)14-12-20-13(3)8-7-9-15(20)17-14;1-4-7(2)5-9-6-8(9)3;1-2-3;1-2/h7-9,12H,5-6,10-11H2,1-4H3;7-9H,4-6H2,1-3H3;2H,1H3;1-2H2. The molecule has 35 heavy (non-hydrogen) atoms. The molecule has 0 aromatic carbocycles. The summed E-state index contributed by atoms with van der Waals surface area (Å²) in [5.74, 6) is 3.10. The van der Waals surface area contributed by atoms with Gasteiger partial charge in [-0.2, -0.15) is 0 Å². The largest absolute Gasteiger partial charge is 0.339 e. The Hall–Kier alpha value is -2.47. The van der Waals surface area contributed by atoms with E-state index in [9.17, 15) is 4.79 Å². The molecule has 6 nitrogen and oxygen atoms in total. The van der Waals surface area contributed by atoms with E-state index >= 15 is 0 Å². The van der Waals surface area contributed by atoms with Crippen LogP contribution in [0.3, 0.4) is 0 Å². The van der Waals surface area contributed by atoms with Gasteiger partial charge in [-0.1, -0.05) is 47.1 Å². The number of carbonyl (C=O) groups is 2. The summed E-state index contributed by atoms with van der Waals surface area (Å²) in [7, 11) is 1.84. The van der Waals surface area contributed by atoms with Gasteiger partial charge in [-0.3, -0.25) is 4.79 Å². The second-order valence-electron chi connectivity index (χ2n) is 9.23. The summed E-state index contributed by atoms with van der Waals surface area (Å²) >= 11 is 0. The number of fused-ring (bicyclic) bond motifs is 1. The average Bonchev–Trinajstić information content (AvgIpc) is 3.36. The zero-order valence-electron chi connectivity index (χ0n) is 23.6. The lowest BCUT2D eigenvalue weighted by Gasteiger charge is -2.22. The van der Waals surface area contributed by atoms with Gasteiger partial charge >= 0.3 is 0 Å². The molecule has 3 atom stereocenters. The molecule has 2 aromatic rings. The van der Waals surface area contributed by atoms with Crippen LogP contribution in [0, 0.1) is 24.7 Å². The van der Waals surface area contributed by atoms with Crippen molar-refractivity contribution in [1.82, 2.24) is 19.2 Å². The molecule has 0 spiro atoms. The van der Waals surface area contributed by atoms with Gasteiger partial charge < -0.3 is 19.0 Å². The van der Waals surface area contributed by atoms with Crippen LogP contribution in [-0.2, 0) is 4.79 Å². The first-order valence-corrected chi connectivity index (χ1v) is 13.0. The van der Waals surface area contributed by atoms with Crippen molar-refractivity contribution in [2.75, 3.05) is 33.2 Å². The first-order chi connectivity index (χ1) is 16.7. The van der Waals surface area contributed by atoms with Crippen LogP contribution in [0.1, 0.15) is 77.0 Å². The van der Waals surface area contributed by atoms with Crippen molar-refractivity contribution in [3.05, 3.63) is 48.9 Å². The molecule has 0 aliphatic heterocycles. The van der Waals surface area contributed by atoms with Gasteiger partial charge in [0, 0.05) is 32.0 Å². The summed E-state index contributed by atoms with van der Waals surface area (Å²) in [6.45, 7) is 24.4. The SMILES string of the molecule is C=C.CC=O.CCC(C)CC1CC1C.CCN(CC)CCN(C)C(=O)c1cn2c(C)cccc2n1. The van der Waals surface area contributed by atoms with E-state index in [1.165, 1.54) is 26.2 Å². The molecular weight excluding hydrogens is 436 g/mol. The topological polar surface area (TPSA) is 57.9 Å². The second-order valence-corrected chi connectivity index (χ2v) is 9.23. The Labute approximate surface area is 214 Å². The Bertz CT molecular complexity index is 857. The number of hydrogen-bond acceptors (Lipinski definition) is 4. The fourth-order valence-corrected chi connectivity index (χ4v) is 3.79. The van der Waals surface area contributed by atoms with Crippen LogP contribution >= 0.6 is 0 Å². The molecule has 1 amide bonds. The average molecular weight is 487 g/mol. The molecule has 0 N–H and O–H groups in total. The molecule has 1 saturated carbocycles. The second kappa shape index (κ2) is 17.9. The van der Waals surface area contributed by atoms with Crippen LogP contribution in [0.2, 0.25) is 0 Å². The van der Waals surface area contributed by atoms with Gasteiger partial charge in [0.25, 0.3) is 5.91 Å². The minimum absolute atomic E-state index is 0.0229. The van der Waals surface area contributed by atoms with Crippen molar-refractivity contribution < 1.29 is 9.59 Å². The maximum atomic E-state index is 12.4. The molecule has 0 radical (unpaired) electrons. The first-order valence-electron chi connectivity index (χ1n) is 13.0. The zero-order chi connectivity index (χ0) is 27.0. The van der Waals surface area contributed by atoms with Crippen molar-refractivity contribution in [3.63, 3.8) is 0 Å². The number of amides is 1. The van der Waals surface area contributed by atoms with Crippen LogP contribution in [0.5, 0.6) is 0 Å². The normalized spacial score (nSPS) is 16.6. The van der Waals surface area contributed by atoms with Gasteiger partial charge in [0.05, 0.1) is 0 Å². The molecule has 2 aromatic heterocycles. The van der Waals surface area contributed by atoms with Gasteiger partial charge in [-0.15, -0.1) is 13.2 Å². The molecule has 3 unspecified atom stereocenters. The summed E-state index contributed by atoms with van der Waals surface area (Å²) in [5.41, 5.74) is 2.40. The third-order valence-corrected chi connectivity index (χ3v) is 6.59. The molecule has 1 aliphatic rings. The Morgan fingerprint density at radius 2 is 1.80 bits per heavy atom. The quantitative estimate of drug-likeness (QED) is 0.315. The van der Waals surface area contributed by atoms with Crippen LogP contribution in [-0.4, -0.2) is 64.6 Å². The number of pyridine rings is 1. The molecule has 2 heterocycles. The Balaban J connectivity index is 0.000000684. The molecule has 6 heteroatoms. The fraction of sp³-hybridized carbons (Fsp3) is 0.621. The van der Waals surface area contributed by atoms with Gasteiger partial charge in [0.2, 0.25) is 0 Å². The van der Waals surface area contributed by atoms with Crippen LogP contribution in [0.15, 0.2) is 37.6 Å². The lowest BCUT2D eigenvalue weighted by atomic mass is 10.0. The molecule has 0 bridgehead atoms. The maximum absolute atomic E-state index is 12.4. The van der Waals surface area contributed by atoms with Crippen molar-refractivity contribution in [2.24, 2.45) is 17.8 Å². The van der Waals surface area contributed by atoms with E-state index < -0.39 is 0 Å². The lowest BCUT2D eigenvalue weighted by molar-refractivity contribution is -0.106. The predicted molar refractivity (Wildman–Crippen MR) is 149 cm³/mol. The monoisotopic (exact) mass is 486 g/mol. The van der Waals surface area contributed by atoms with E-state index in [-0.39, 0.29) is 5.91 Å². The number of carbonyl (C=O) groups excluding carboxylic acids is 2.